The monoisotopic (exact) mass is 1150 g/mol. The maximum Gasteiger partial charge on any atom is 0.306 e. The minimum Gasteiger partial charge on any atom is -0.462 e. The van der Waals surface area contributed by atoms with Crippen molar-refractivity contribution in [3.05, 3.63) is 146 Å². The lowest BCUT2D eigenvalue weighted by atomic mass is 10.0. The molecule has 0 heterocycles. The number of hydrogen-bond acceptors (Lipinski definition) is 6. The van der Waals surface area contributed by atoms with Crippen molar-refractivity contribution in [2.75, 3.05) is 13.2 Å². The van der Waals surface area contributed by atoms with Gasteiger partial charge in [0, 0.05) is 19.3 Å². The highest BCUT2D eigenvalue weighted by atomic mass is 16.6. The molecule has 6 heteroatoms. The fourth-order valence-electron chi connectivity index (χ4n) is 9.27. The van der Waals surface area contributed by atoms with Gasteiger partial charge in [0.2, 0.25) is 0 Å². The number of hydrogen-bond donors (Lipinski definition) is 0. The van der Waals surface area contributed by atoms with Gasteiger partial charge in [-0.05, 0) is 122 Å². The van der Waals surface area contributed by atoms with E-state index < -0.39 is 6.10 Å². The predicted molar refractivity (Wildman–Crippen MR) is 362 cm³/mol. The highest BCUT2D eigenvalue weighted by Gasteiger charge is 2.19. The fourth-order valence-corrected chi connectivity index (χ4v) is 9.27. The molecule has 6 nitrogen and oxygen atoms in total. The van der Waals surface area contributed by atoms with E-state index in [1.165, 1.54) is 109 Å². The van der Waals surface area contributed by atoms with Crippen molar-refractivity contribution in [1.29, 1.82) is 0 Å². The van der Waals surface area contributed by atoms with Crippen LogP contribution in [0.4, 0.5) is 0 Å². The normalized spacial score (nSPS) is 13.0. The van der Waals surface area contributed by atoms with Crippen LogP contribution in [0.3, 0.4) is 0 Å². The molecule has 0 aliphatic carbocycles. The summed E-state index contributed by atoms with van der Waals surface area (Å²) in [5, 5.41) is 0. The van der Waals surface area contributed by atoms with Crippen molar-refractivity contribution in [2.24, 2.45) is 0 Å². The van der Waals surface area contributed by atoms with Crippen LogP contribution in [-0.4, -0.2) is 37.2 Å². The number of allylic oxidation sites excluding steroid dienone is 24. The van der Waals surface area contributed by atoms with Crippen LogP contribution in [0, 0.1) is 0 Å². The molecular weight excluding hydrogens is 1020 g/mol. The zero-order valence-corrected chi connectivity index (χ0v) is 53.9. The third kappa shape index (κ3) is 68.0. The number of carbonyl (C=O) groups is 3. The van der Waals surface area contributed by atoms with Crippen LogP contribution >= 0.6 is 0 Å². The first-order chi connectivity index (χ1) is 41.0. The lowest BCUT2D eigenvalue weighted by Gasteiger charge is -2.18. The number of ether oxygens (including phenoxy) is 3. The Kier molecular flexibility index (Phi) is 65.8. The first-order valence-electron chi connectivity index (χ1n) is 34.3. The molecule has 0 bridgehead atoms. The van der Waals surface area contributed by atoms with Gasteiger partial charge in [-0.3, -0.25) is 14.4 Å². The highest BCUT2D eigenvalue weighted by molar-refractivity contribution is 5.71. The van der Waals surface area contributed by atoms with E-state index >= 15 is 0 Å². The Labute approximate surface area is 512 Å². The van der Waals surface area contributed by atoms with E-state index in [1.54, 1.807) is 0 Å². The second-order valence-electron chi connectivity index (χ2n) is 22.3. The molecular formula is C77H126O6. The number of carbonyl (C=O) groups excluding carboxylic acids is 3. The van der Waals surface area contributed by atoms with Gasteiger partial charge in [0.05, 0.1) is 0 Å². The molecule has 0 aromatic carbocycles. The van der Waals surface area contributed by atoms with Gasteiger partial charge >= 0.3 is 17.9 Å². The van der Waals surface area contributed by atoms with Gasteiger partial charge in [0.1, 0.15) is 13.2 Å². The summed E-state index contributed by atoms with van der Waals surface area (Å²) in [7, 11) is 0. The van der Waals surface area contributed by atoms with Gasteiger partial charge in [0.25, 0.3) is 0 Å². The number of rotatable bonds is 61. The van der Waals surface area contributed by atoms with E-state index in [0.29, 0.717) is 19.3 Å². The Morgan fingerprint density at radius 3 is 0.735 bits per heavy atom. The summed E-state index contributed by atoms with van der Waals surface area (Å²) in [4.78, 5) is 38.3. The molecule has 0 fully saturated rings. The van der Waals surface area contributed by atoms with Crippen LogP contribution in [0.15, 0.2) is 146 Å². The van der Waals surface area contributed by atoms with Crippen molar-refractivity contribution in [2.45, 2.75) is 309 Å². The highest BCUT2D eigenvalue weighted by Crippen LogP contribution is 2.16. The molecule has 0 aliphatic heterocycles. The maximum absolute atomic E-state index is 12.9. The van der Waals surface area contributed by atoms with Gasteiger partial charge in [0.15, 0.2) is 6.10 Å². The van der Waals surface area contributed by atoms with Crippen LogP contribution in [0.2, 0.25) is 0 Å². The molecule has 470 valence electrons. The van der Waals surface area contributed by atoms with Crippen LogP contribution in [0.1, 0.15) is 303 Å². The molecule has 0 saturated heterocycles. The fraction of sp³-hybridized carbons (Fsp3) is 0.649. The molecule has 0 rings (SSSR count). The van der Waals surface area contributed by atoms with E-state index in [4.69, 9.17) is 14.2 Å². The lowest BCUT2D eigenvalue weighted by Crippen LogP contribution is -2.30. The van der Waals surface area contributed by atoms with Crippen molar-refractivity contribution >= 4 is 17.9 Å². The Bertz CT molecular complexity index is 1800. The van der Waals surface area contributed by atoms with Crippen molar-refractivity contribution in [3.63, 3.8) is 0 Å². The molecule has 0 N–H and O–H groups in total. The van der Waals surface area contributed by atoms with Gasteiger partial charge in [-0.1, -0.05) is 308 Å². The SMILES string of the molecule is CC/C=C\C/C=C\C/C=C\C/C=C\C/C=C\C/C=C\C/C=C\CCCCCCCCCCCCCCCC(=O)OCC(COC(=O)CCCCCCCCCCC)OC(=O)CCCCCCC/C=C\C/C=C\C/C=C\C/C=C\C/C=C\CC. The van der Waals surface area contributed by atoms with E-state index in [9.17, 15) is 14.4 Å². The summed E-state index contributed by atoms with van der Waals surface area (Å²) in [6, 6.07) is 0. The zero-order chi connectivity index (χ0) is 59.9. The van der Waals surface area contributed by atoms with Crippen molar-refractivity contribution < 1.29 is 28.6 Å². The predicted octanol–water partition coefficient (Wildman–Crippen LogP) is 23.9. The van der Waals surface area contributed by atoms with E-state index in [0.717, 1.165) is 154 Å². The summed E-state index contributed by atoms with van der Waals surface area (Å²) in [5.41, 5.74) is 0. The lowest BCUT2D eigenvalue weighted by molar-refractivity contribution is -0.167. The quantitative estimate of drug-likeness (QED) is 0.0261. The molecule has 0 spiro atoms. The van der Waals surface area contributed by atoms with Gasteiger partial charge in [-0.15, -0.1) is 0 Å². The molecule has 1 unspecified atom stereocenters. The topological polar surface area (TPSA) is 78.9 Å². The second-order valence-corrected chi connectivity index (χ2v) is 22.3. The van der Waals surface area contributed by atoms with Crippen molar-refractivity contribution in [3.8, 4) is 0 Å². The number of esters is 3. The summed E-state index contributed by atoms with van der Waals surface area (Å²) < 4.78 is 16.9. The second kappa shape index (κ2) is 69.8. The average Bonchev–Trinajstić information content (AvgIpc) is 3.49. The Balaban J connectivity index is 4.18. The van der Waals surface area contributed by atoms with Gasteiger partial charge < -0.3 is 14.2 Å². The first-order valence-corrected chi connectivity index (χ1v) is 34.3. The molecule has 0 aliphatic rings. The summed E-state index contributed by atoms with van der Waals surface area (Å²) >= 11 is 0. The third-order valence-electron chi connectivity index (χ3n) is 14.3. The Morgan fingerprint density at radius 2 is 0.470 bits per heavy atom. The van der Waals surface area contributed by atoms with Crippen LogP contribution in [0.25, 0.3) is 0 Å². The minimum atomic E-state index is -0.792. The standard InChI is InChI=1S/C77H126O6/c1-4-7-10-13-16-19-21-23-25-27-29-31-32-33-34-35-36-37-38-39-40-41-42-43-44-46-47-49-51-53-55-58-61-64-67-70-76(79)82-73-74(72-81-75(78)69-66-63-60-57-18-15-12-9-6-3)83-77(80)71-68-65-62-59-56-54-52-50-48-45-30-28-26-24-22-20-17-14-11-8-5-2/h7-8,10-11,16-17,19-20,23-26,29-31,33-34,36-37,39-40,45,50,52,74H,4-6,9,12-15,18,21-22,27-28,32,35,38,41-44,46-49,51,53-73H2,1-3H3/b10-7-,11-8-,19-16-,20-17-,25-23-,26-24-,31-29-,34-33-,37-36-,40-39-,45-30-,52-50-. The van der Waals surface area contributed by atoms with Crippen LogP contribution in [0.5, 0.6) is 0 Å². The third-order valence-corrected chi connectivity index (χ3v) is 14.3. The maximum atomic E-state index is 12.9. The molecule has 0 aromatic heterocycles. The average molecular weight is 1150 g/mol. The molecule has 0 saturated carbocycles. The molecule has 0 radical (unpaired) electrons. The Hall–Kier alpha value is -4.71. The molecule has 83 heavy (non-hydrogen) atoms. The number of unbranched alkanes of at least 4 members (excludes halogenated alkanes) is 26. The van der Waals surface area contributed by atoms with Crippen LogP contribution in [-0.2, 0) is 28.6 Å². The van der Waals surface area contributed by atoms with E-state index in [-0.39, 0.29) is 31.1 Å². The summed E-state index contributed by atoms with van der Waals surface area (Å²) in [6.45, 7) is 6.39. The van der Waals surface area contributed by atoms with Gasteiger partial charge in [-0.2, -0.15) is 0 Å². The molecule has 0 aromatic rings. The van der Waals surface area contributed by atoms with Crippen molar-refractivity contribution in [1.82, 2.24) is 0 Å². The van der Waals surface area contributed by atoms with E-state index in [2.05, 4.69) is 167 Å². The zero-order valence-electron chi connectivity index (χ0n) is 53.9. The van der Waals surface area contributed by atoms with Gasteiger partial charge in [-0.25, -0.2) is 0 Å². The molecule has 0 amide bonds. The largest absolute Gasteiger partial charge is 0.462 e. The van der Waals surface area contributed by atoms with E-state index in [1.807, 2.05) is 0 Å². The van der Waals surface area contributed by atoms with Crippen LogP contribution < -0.4 is 0 Å². The smallest absolute Gasteiger partial charge is 0.306 e. The first kappa shape index (κ1) is 78.3. The Morgan fingerprint density at radius 1 is 0.253 bits per heavy atom. The molecule has 1 atom stereocenters. The summed E-state index contributed by atoms with van der Waals surface area (Å²) in [6.07, 6.45) is 100. The minimum absolute atomic E-state index is 0.0871. The summed E-state index contributed by atoms with van der Waals surface area (Å²) in [5.74, 6) is -0.906.